The highest BCUT2D eigenvalue weighted by molar-refractivity contribution is 9.10. The molecule has 2 aromatic carbocycles. The number of anilines is 1. The molecule has 0 spiro atoms. The molecule has 3 aromatic rings. The van der Waals surface area contributed by atoms with Crippen molar-refractivity contribution >= 4 is 44.5 Å². The van der Waals surface area contributed by atoms with Gasteiger partial charge in [-0.25, -0.2) is 4.98 Å². The van der Waals surface area contributed by atoms with Gasteiger partial charge >= 0.3 is 0 Å². The molecule has 2 amide bonds. The third-order valence-electron chi connectivity index (χ3n) is 4.80. The summed E-state index contributed by atoms with van der Waals surface area (Å²) in [6, 6.07) is 15.3. The SMILES string of the molecule is CN(Cc1nc2ccccc2[nH]1)C(=O)C1CC(=O)N(c2cccc(Br)c2)C1. The van der Waals surface area contributed by atoms with Crippen molar-refractivity contribution < 1.29 is 9.59 Å². The lowest BCUT2D eigenvalue weighted by molar-refractivity contribution is -0.135. The number of imidazole rings is 1. The number of amides is 2. The molecule has 138 valence electrons. The summed E-state index contributed by atoms with van der Waals surface area (Å²) in [6.07, 6.45) is 0.232. The third-order valence-corrected chi connectivity index (χ3v) is 5.29. The van der Waals surface area contributed by atoms with Gasteiger partial charge < -0.3 is 14.8 Å². The Labute approximate surface area is 165 Å². The summed E-state index contributed by atoms with van der Waals surface area (Å²) in [5.41, 5.74) is 2.64. The van der Waals surface area contributed by atoms with Gasteiger partial charge in [0.25, 0.3) is 0 Å². The van der Waals surface area contributed by atoms with E-state index in [1.54, 1.807) is 16.8 Å². The van der Waals surface area contributed by atoms with Gasteiger partial charge in [0, 0.05) is 30.2 Å². The lowest BCUT2D eigenvalue weighted by Crippen LogP contribution is -2.34. The van der Waals surface area contributed by atoms with Crippen LogP contribution in [0, 0.1) is 5.92 Å². The molecule has 1 fully saturated rings. The normalized spacial score (nSPS) is 16.9. The van der Waals surface area contributed by atoms with Gasteiger partial charge in [-0.1, -0.05) is 34.1 Å². The van der Waals surface area contributed by atoms with Crippen LogP contribution in [-0.4, -0.2) is 40.3 Å². The predicted molar refractivity (Wildman–Crippen MR) is 107 cm³/mol. The van der Waals surface area contributed by atoms with Crippen LogP contribution in [0.15, 0.2) is 53.0 Å². The Morgan fingerprint density at radius 2 is 2.11 bits per heavy atom. The molecule has 1 aliphatic heterocycles. The number of hydrogen-bond acceptors (Lipinski definition) is 3. The number of halogens is 1. The number of nitrogens with one attached hydrogen (secondary N) is 1. The zero-order chi connectivity index (χ0) is 19.0. The quantitative estimate of drug-likeness (QED) is 0.695. The smallest absolute Gasteiger partial charge is 0.228 e. The van der Waals surface area contributed by atoms with Crippen LogP contribution in [-0.2, 0) is 16.1 Å². The number of rotatable bonds is 4. The van der Waals surface area contributed by atoms with Crippen LogP contribution in [0.25, 0.3) is 11.0 Å². The monoisotopic (exact) mass is 426 g/mol. The number of aromatic amines is 1. The molecule has 0 saturated carbocycles. The van der Waals surface area contributed by atoms with Crippen molar-refractivity contribution in [2.45, 2.75) is 13.0 Å². The highest BCUT2D eigenvalue weighted by Crippen LogP contribution is 2.28. The van der Waals surface area contributed by atoms with Gasteiger partial charge in [0.15, 0.2) is 0 Å². The molecule has 7 heteroatoms. The fourth-order valence-electron chi connectivity index (χ4n) is 3.46. The highest BCUT2D eigenvalue weighted by Gasteiger charge is 2.36. The molecule has 1 aliphatic rings. The van der Waals surface area contributed by atoms with E-state index < -0.39 is 0 Å². The molecule has 6 nitrogen and oxygen atoms in total. The van der Waals surface area contributed by atoms with E-state index in [0.717, 1.165) is 27.0 Å². The van der Waals surface area contributed by atoms with Crippen molar-refractivity contribution in [3.63, 3.8) is 0 Å². The molecular formula is C20H19BrN4O2. The van der Waals surface area contributed by atoms with E-state index in [1.807, 2.05) is 48.5 Å². The maximum Gasteiger partial charge on any atom is 0.228 e. The number of benzene rings is 2. The lowest BCUT2D eigenvalue weighted by atomic mass is 10.1. The van der Waals surface area contributed by atoms with Crippen molar-refractivity contribution in [1.82, 2.24) is 14.9 Å². The predicted octanol–water partition coefficient (Wildman–Crippen LogP) is 3.34. The molecule has 1 atom stereocenters. The standard InChI is InChI=1S/C20H19BrN4O2/c1-24(12-18-22-16-7-2-3-8-17(16)23-18)20(27)13-9-19(26)25(11-13)15-6-4-5-14(21)10-15/h2-8,10,13H,9,11-12H2,1H3,(H,22,23). The molecule has 0 aliphatic carbocycles. The topological polar surface area (TPSA) is 69.3 Å². The molecule has 0 radical (unpaired) electrons. The molecule has 1 N–H and O–H groups in total. The Kier molecular flexibility index (Phi) is 4.70. The van der Waals surface area contributed by atoms with Crippen molar-refractivity contribution in [1.29, 1.82) is 0 Å². The molecule has 2 heterocycles. The van der Waals surface area contributed by atoms with Gasteiger partial charge in [0.05, 0.1) is 23.5 Å². The molecule has 1 saturated heterocycles. The first-order chi connectivity index (χ1) is 13.0. The van der Waals surface area contributed by atoms with E-state index in [-0.39, 0.29) is 24.2 Å². The first-order valence-corrected chi connectivity index (χ1v) is 9.55. The number of para-hydroxylation sites is 2. The first-order valence-electron chi connectivity index (χ1n) is 8.76. The fraction of sp³-hybridized carbons (Fsp3) is 0.250. The van der Waals surface area contributed by atoms with Crippen LogP contribution in [0.1, 0.15) is 12.2 Å². The summed E-state index contributed by atoms with van der Waals surface area (Å²) in [6.45, 7) is 0.785. The Balaban J connectivity index is 1.45. The largest absolute Gasteiger partial charge is 0.340 e. The second-order valence-electron chi connectivity index (χ2n) is 6.78. The molecule has 1 aromatic heterocycles. The zero-order valence-electron chi connectivity index (χ0n) is 14.9. The number of carbonyl (C=O) groups is 2. The van der Waals surface area contributed by atoms with Gasteiger partial charge in [0.2, 0.25) is 11.8 Å². The first kappa shape index (κ1) is 17.7. The maximum atomic E-state index is 12.9. The average Bonchev–Trinajstić information content (AvgIpc) is 3.23. The van der Waals surface area contributed by atoms with Gasteiger partial charge in [-0.15, -0.1) is 0 Å². The average molecular weight is 427 g/mol. The van der Waals surface area contributed by atoms with Gasteiger partial charge in [0.1, 0.15) is 5.82 Å². The van der Waals surface area contributed by atoms with E-state index in [0.29, 0.717) is 13.1 Å². The molecular weight excluding hydrogens is 408 g/mol. The van der Waals surface area contributed by atoms with E-state index in [2.05, 4.69) is 25.9 Å². The second kappa shape index (κ2) is 7.15. The fourth-order valence-corrected chi connectivity index (χ4v) is 3.85. The molecule has 27 heavy (non-hydrogen) atoms. The van der Waals surface area contributed by atoms with E-state index >= 15 is 0 Å². The Bertz CT molecular complexity index is 983. The van der Waals surface area contributed by atoms with Crippen LogP contribution >= 0.6 is 15.9 Å². The van der Waals surface area contributed by atoms with Crippen molar-refractivity contribution in [2.75, 3.05) is 18.5 Å². The van der Waals surface area contributed by atoms with Gasteiger partial charge in [-0.05, 0) is 30.3 Å². The number of fused-ring (bicyclic) bond motifs is 1. The van der Waals surface area contributed by atoms with Crippen LogP contribution in [0.3, 0.4) is 0 Å². The lowest BCUT2D eigenvalue weighted by Gasteiger charge is -2.21. The second-order valence-corrected chi connectivity index (χ2v) is 7.70. The summed E-state index contributed by atoms with van der Waals surface area (Å²) in [5.74, 6) is 0.330. The Morgan fingerprint density at radius 3 is 2.89 bits per heavy atom. The van der Waals surface area contributed by atoms with Gasteiger partial charge in [-0.3, -0.25) is 9.59 Å². The van der Waals surface area contributed by atoms with Crippen molar-refractivity contribution in [2.24, 2.45) is 5.92 Å². The van der Waals surface area contributed by atoms with Crippen LogP contribution < -0.4 is 4.90 Å². The number of nitrogens with zero attached hydrogens (tertiary/aromatic N) is 3. The summed E-state index contributed by atoms with van der Waals surface area (Å²) in [7, 11) is 1.75. The summed E-state index contributed by atoms with van der Waals surface area (Å²) in [4.78, 5) is 36.3. The van der Waals surface area contributed by atoms with Crippen LogP contribution in [0.5, 0.6) is 0 Å². The number of carbonyl (C=O) groups excluding carboxylic acids is 2. The zero-order valence-corrected chi connectivity index (χ0v) is 16.4. The maximum absolute atomic E-state index is 12.9. The summed E-state index contributed by atoms with van der Waals surface area (Å²) in [5, 5.41) is 0. The molecule has 4 rings (SSSR count). The minimum Gasteiger partial charge on any atom is -0.340 e. The molecule has 1 unspecified atom stereocenters. The van der Waals surface area contributed by atoms with E-state index in [9.17, 15) is 9.59 Å². The van der Waals surface area contributed by atoms with Crippen molar-refractivity contribution in [3.8, 4) is 0 Å². The van der Waals surface area contributed by atoms with Gasteiger partial charge in [-0.2, -0.15) is 0 Å². The Morgan fingerprint density at radius 1 is 1.30 bits per heavy atom. The van der Waals surface area contributed by atoms with Crippen LogP contribution in [0.2, 0.25) is 0 Å². The molecule has 0 bridgehead atoms. The van der Waals surface area contributed by atoms with Crippen molar-refractivity contribution in [3.05, 3.63) is 58.8 Å². The van der Waals surface area contributed by atoms with E-state index in [1.165, 1.54) is 0 Å². The third kappa shape index (κ3) is 3.60. The number of hydrogen-bond donors (Lipinski definition) is 1. The highest BCUT2D eigenvalue weighted by atomic mass is 79.9. The number of aromatic nitrogens is 2. The minimum atomic E-state index is -0.342. The summed E-state index contributed by atoms with van der Waals surface area (Å²) >= 11 is 3.42. The summed E-state index contributed by atoms with van der Waals surface area (Å²) < 4.78 is 0.907. The Hall–Kier alpha value is -2.67. The minimum absolute atomic E-state index is 0.0245. The van der Waals surface area contributed by atoms with E-state index in [4.69, 9.17) is 0 Å². The number of H-pyrrole nitrogens is 1. The van der Waals surface area contributed by atoms with Crippen LogP contribution in [0.4, 0.5) is 5.69 Å².